The first-order valence-electron chi connectivity index (χ1n) is 2.96. The van der Waals surface area contributed by atoms with Crippen molar-refractivity contribution in [2.75, 3.05) is 7.11 Å². The molecular formula is C7H9BrO3. The predicted octanol–water partition coefficient (Wildman–Crippen LogP) is 1.42. The van der Waals surface area contributed by atoms with Crippen LogP contribution in [0.25, 0.3) is 0 Å². The van der Waals surface area contributed by atoms with Crippen molar-refractivity contribution in [2.45, 2.75) is 13.8 Å². The Kier molecular flexibility index (Phi) is 4.03. The maximum absolute atomic E-state index is 10.8. The summed E-state index contributed by atoms with van der Waals surface area (Å²) >= 11 is 2.98. The average molecular weight is 221 g/mol. The van der Waals surface area contributed by atoms with Gasteiger partial charge >= 0.3 is 5.97 Å². The summed E-state index contributed by atoms with van der Waals surface area (Å²) in [7, 11) is 1.27. The number of rotatable bonds is 2. The number of hydrogen-bond donors (Lipinski definition) is 0. The van der Waals surface area contributed by atoms with Gasteiger partial charge in [-0.25, -0.2) is 4.79 Å². The molecule has 0 aliphatic rings. The van der Waals surface area contributed by atoms with Gasteiger partial charge in [0.05, 0.1) is 17.2 Å². The van der Waals surface area contributed by atoms with Gasteiger partial charge in [-0.3, -0.25) is 4.79 Å². The lowest BCUT2D eigenvalue weighted by Crippen LogP contribution is -2.05. The summed E-state index contributed by atoms with van der Waals surface area (Å²) in [6, 6.07) is 0. The van der Waals surface area contributed by atoms with Gasteiger partial charge in [0, 0.05) is 0 Å². The zero-order chi connectivity index (χ0) is 9.02. The van der Waals surface area contributed by atoms with Crippen LogP contribution in [-0.4, -0.2) is 18.9 Å². The molecule has 0 atom stereocenters. The molecule has 0 rings (SSSR count). The molecule has 11 heavy (non-hydrogen) atoms. The van der Waals surface area contributed by atoms with Crippen molar-refractivity contribution in [2.24, 2.45) is 0 Å². The quantitative estimate of drug-likeness (QED) is 0.523. The molecule has 0 aromatic heterocycles. The van der Waals surface area contributed by atoms with Crippen LogP contribution in [-0.2, 0) is 14.3 Å². The first kappa shape index (κ1) is 10.4. The number of carbonyl (C=O) groups excluding carboxylic acids is 2. The van der Waals surface area contributed by atoms with Gasteiger partial charge in [0.2, 0.25) is 0 Å². The summed E-state index contributed by atoms with van der Waals surface area (Å²) in [5.41, 5.74) is 0.292. The molecular weight excluding hydrogens is 212 g/mol. The van der Waals surface area contributed by atoms with E-state index in [2.05, 4.69) is 20.7 Å². The van der Waals surface area contributed by atoms with Crippen LogP contribution >= 0.6 is 15.9 Å². The maximum Gasteiger partial charge on any atom is 0.334 e. The second-order valence-corrected chi connectivity index (χ2v) is 2.78. The molecule has 0 amide bonds. The first-order valence-corrected chi connectivity index (χ1v) is 3.75. The van der Waals surface area contributed by atoms with E-state index in [1.165, 1.54) is 21.0 Å². The van der Waals surface area contributed by atoms with E-state index in [1.54, 1.807) is 0 Å². The fraction of sp³-hybridized carbons (Fsp3) is 0.429. The second kappa shape index (κ2) is 4.28. The fourth-order valence-electron chi connectivity index (χ4n) is 0.507. The van der Waals surface area contributed by atoms with Crippen molar-refractivity contribution in [3.63, 3.8) is 0 Å². The summed E-state index contributed by atoms with van der Waals surface area (Å²) in [6.45, 7) is 2.90. The van der Waals surface area contributed by atoms with Gasteiger partial charge in [0.25, 0.3) is 0 Å². The van der Waals surface area contributed by atoms with E-state index in [0.717, 1.165) is 0 Å². The van der Waals surface area contributed by atoms with Crippen LogP contribution in [0.4, 0.5) is 0 Å². The maximum atomic E-state index is 10.8. The third kappa shape index (κ3) is 2.84. The van der Waals surface area contributed by atoms with E-state index in [-0.39, 0.29) is 10.3 Å². The zero-order valence-corrected chi connectivity index (χ0v) is 8.19. The minimum absolute atomic E-state index is 0.187. The molecule has 3 nitrogen and oxygen atoms in total. The van der Waals surface area contributed by atoms with Crippen molar-refractivity contribution in [3.8, 4) is 0 Å². The third-order valence-electron chi connectivity index (χ3n) is 1.13. The zero-order valence-electron chi connectivity index (χ0n) is 6.60. The van der Waals surface area contributed by atoms with Crippen LogP contribution in [0.3, 0.4) is 0 Å². The Morgan fingerprint density at radius 3 is 2.00 bits per heavy atom. The van der Waals surface area contributed by atoms with Gasteiger partial charge < -0.3 is 4.74 Å². The third-order valence-corrected chi connectivity index (χ3v) is 2.28. The van der Waals surface area contributed by atoms with Gasteiger partial charge in [-0.1, -0.05) is 0 Å². The smallest absolute Gasteiger partial charge is 0.334 e. The lowest BCUT2D eigenvalue weighted by Gasteiger charge is -1.99. The molecule has 0 N–H and O–H groups in total. The summed E-state index contributed by atoms with van der Waals surface area (Å²) in [4.78, 5) is 21.5. The molecule has 0 aliphatic carbocycles. The van der Waals surface area contributed by atoms with Crippen LogP contribution in [0, 0.1) is 0 Å². The van der Waals surface area contributed by atoms with Gasteiger partial charge in [0.15, 0.2) is 5.78 Å². The lowest BCUT2D eigenvalue weighted by atomic mass is 10.2. The van der Waals surface area contributed by atoms with Gasteiger partial charge in [-0.15, -0.1) is 0 Å². The van der Waals surface area contributed by atoms with E-state index in [1.807, 2.05) is 0 Å². The Bertz CT molecular complexity index is 218. The summed E-state index contributed by atoms with van der Waals surface area (Å²) in [6.07, 6.45) is 0. The summed E-state index contributed by atoms with van der Waals surface area (Å²) in [5.74, 6) is -0.681. The van der Waals surface area contributed by atoms with Gasteiger partial charge in [-0.05, 0) is 29.8 Å². The summed E-state index contributed by atoms with van der Waals surface area (Å²) < 4.78 is 4.67. The van der Waals surface area contributed by atoms with Crippen molar-refractivity contribution in [3.05, 3.63) is 10.1 Å². The van der Waals surface area contributed by atoms with Crippen molar-refractivity contribution in [1.29, 1.82) is 0 Å². The standard InChI is InChI=1S/C7H9BrO3/c1-4(7(10)11-3)6(8)5(2)9/h1-3H3/b6-4+. The largest absolute Gasteiger partial charge is 0.466 e. The lowest BCUT2D eigenvalue weighted by molar-refractivity contribution is -0.136. The normalized spacial score (nSPS) is 12.0. The Morgan fingerprint density at radius 2 is 1.73 bits per heavy atom. The van der Waals surface area contributed by atoms with Crippen molar-refractivity contribution in [1.82, 2.24) is 0 Å². The van der Waals surface area contributed by atoms with E-state index >= 15 is 0 Å². The molecule has 0 radical (unpaired) electrons. The van der Waals surface area contributed by atoms with E-state index in [4.69, 9.17) is 0 Å². The molecule has 0 aliphatic heterocycles. The number of ether oxygens (including phenoxy) is 1. The van der Waals surface area contributed by atoms with E-state index < -0.39 is 5.97 Å². The number of hydrogen-bond acceptors (Lipinski definition) is 3. The van der Waals surface area contributed by atoms with Crippen LogP contribution in [0.1, 0.15) is 13.8 Å². The number of methoxy groups -OCH3 is 1. The number of allylic oxidation sites excluding steroid dienone is 1. The Morgan fingerprint density at radius 1 is 1.27 bits per heavy atom. The average Bonchev–Trinajstić information content (AvgIpc) is 2.00. The minimum atomic E-state index is -0.493. The highest BCUT2D eigenvalue weighted by Crippen LogP contribution is 2.13. The highest BCUT2D eigenvalue weighted by Gasteiger charge is 2.11. The number of Topliss-reactive ketones (excluding diaryl/α,β-unsaturated/α-hetero) is 1. The molecule has 4 heteroatoms. The molecule has 0 unspecified atom stereocenters. The molecule has 0 fully saturated rings. The molecule has 0 saturated heterocycles. The number of carbonyl (C=O) groups is 2. The van der Waals surface area contributed by atoms with Crippen LogP contribution < -0.4 is 0 Å². The predicted molar refractivity (Wildman–Crippen MR) is 44.3 cm³/mol. The summed E-state index contributed by atoms with van der Waals surface area (Å²) in [5, 5.41) is 0. The molecule has 0 spiro atoms. The van der Waals surface area contributed by atoms with Gasteiger partial charge in [0.1, 0.15) is 0 Å². The SMILES string of the molecule is COC(=O)/C(C)=C(/Br)C(C)=O. The van der Waals surface area contributed by atoms with Crippen LogP contribution in [0.15, 0.2) is 10.1 Å². The first-order chi connectivity index (χ1) is 5.00. The number of esters is 1. The minimum Gasteiger partial charge on any atom is -0.466 e. The fourth-order valence-corrected chi connectivity index (χ4v) is 0.669. The molecule has 0 aromatic rings. The second-order valence-electron chi connectivity index (χ2n) is 1.99. The molecule has 0 bridgehead atoms. The van der Waals surface area contributed by atoms with Crippen molar-refractivity contribution < 1.29 is 14.3 Å². The Balaban J connectivity index is 4.66. The van der Waals surface area contributed by atoms with E-state index in [9.17, 15) is 9.59 Å². The van der Waals surface area contributed by atoms with Gasteiger partial charge in [-0.2, -0.15) is 0 Å². The topological polar surface area (TPSA) is 43.4 Å². The van der Waals surface area contributed by atoms with Crippen LogP contribution in [0.5, 0.6) is 0 Å². The molecule has 0 aromatic carbocycles. The molecule has 62 valence electrons. The molecule has 0 saturated carbocycles. The Hall–Kier alpha value is -0.640. The van der Waals surface area contributed by atoms with Crippen LogP contribution in [0.2, 0.25) is 0 Å². The van der Waals surface area contributed by atoms with Crippen molar-refractivity contribution >= 4 is 27.7 Å². The monoisotopic (exact) mass is 220 g/mol. The Labute approximate surface area is 73.5 Å². The molecule has 0 heterocycles. The van der Waals surface area contributed by atoms with E-state index in [0.29, 0.717) is 5.57 Å². The highest BCUT2D eigenvalue weighted by molar-refractivity contribution is 9.12. The highest BCUT2D eigenvalue weighted by atomic mass is 79.9. The number of halogens is 1. The number of ketones is 1.